The van der Waals surface area contributed by atoms with E-state index in [-0.39, 0.29) is 28.8 Å². The Morgan fingerprint density at radius 3 is 3.00 bits per heavy atom. The molecule has 0 bridgehead atoms. The smallest absolute Gasteiger partial charge is 0.240 e. The normalized spacial score (nSPS) is 18.7. The number of hydrogen-bond donors (Lipinski definition) is 0. The van der Waals surface area contributed by atoms with E-state index in [1.807, 2.05) is 0 Å². The molecule has 0 aliphatic rings. The molecular weight excluding hydrogens is 360 g/mol. The van der Waals surface area contributed by atoms with E-state index in [4.69, 9.17) is 23.0 Å². The van der Waals surface area contributed by atoms with E-state index in [2.05, 4.69) is 30.8 Å². The summed E-state index contributed by atoms with van der Waals surface area (Å²) in [6.07, 6.45) is 0.795. The fraction of sp³-hybridized carbons (Fsp3) is 0.222. The van der Waals surface area contributed by atoms with Crippen molar-refractivity contribution in [3.05, 3.63) is 48.0 Å². The zero-order valence-electron chi connectivity index (χ0n) is 23.9. The third-order valence-electron chi connectivity index (χ3n) is 3.83. The SMILES string of the molecule is [2H]C([2H])([2H])c1cc(-c2nnc3c4ccccc4c(OC([2H])([2H])c4cn(C([2H])([2H])C([2H])([2H])[2H])nn4)nn23)no1. The topological polar surface area (TPSA) is 109 Å². The summed E-state index contributed by atoms with van der Waals surface area (Å²) in [5.74, 6) is -0.642. The fourth-order valence-corrected chi connectivity index (χ4v) is 2.63. The molecule has 140 valence electrons. The van der Waals surface area contributed by atoms with E-state index >= 15 is 0 Å². The average Bonchev–Trinajstić information content (AvgIpc) is 3.56. The summed E-state index contributed by atoms with van der Waals surface area (Å²) in [7, 11) is 0. The zero-order chi connectivity index (χ0) is 27.7. The second kappa shape index (κ2) is 6.41. The van der Waals surface area contributed by atoms with Crippen molar-refractivity contribution in [2.75, 3.05) is 0 Å². The Bertz CT molecular complexity index is 1650. The molecule has 28 heavy (non-hydrogen) atoms. The summed E-state index contributed by atoms with van der Waals surface area (Å²) in [5, 5.41) is 24.0. The van der Waals surface area contributed by atoms with Gasteiger partial charge in [-0.15, -0.1) is 20.4 Å². The van der Waals surface area contributed by atoms with E-state index in [1.54, 1.807) is 24.3 Å². The predicted octanol–water partition coefficient (Wildman–Crippen LogP) is 2.43. The monoisotopic (exact) mass is 386 g/mol. The van der Waals surface area contributed by atoms with E-state index in [0.29, 0.717) is 15.5 Å². The van der Waals surface area contributed by atoms with Crippen molar-refractivity contribution >= 4 is 16.4 Å². The maximum Gasteiger partial charge on any atom is 0.240 e. The molecule has 4 aromatic heterocycles. The minimum atomic E-state index is -3.10. The van der Waals surface area contributed by atoms with Crippen LogP contribution in [-0.2, 0) is 13.1 Å². The van der Waals surface area contributed by atoms with Gasteiger partial charge in [0.2, 0.25) is 11.7 Å². The quantitative estimate of drug-likeness (QED) is 0.453. The van der Waals surface area contributed by atoms with Gasteiger partial charge < -0.3 is 9.26 Å². The number of ether oxygens (including phenoxy) is 1. The van der Waals surface area contributed by atoms with Gasteiger partial charge in [0, 0.05) is 31.6 Å². The molecule has 0 saturated carbocycles. The number of aryl methyl sites for hydroxylation is 2. The lowest BCUT2D eigenvalue weighted by Crippen LogP contribution is -2.03. The zero-order valence-corrected chi connectivity index (χ0v) is 13.9. The predicted molar refractivity (Wildman–Crippen MR) is 98.6 cm³/mol. The summed E-state index contributed by atoms with van der Waals surface area (Å²) in [6, 6.07) is 7.76. The second-order valence-corrected chi connectivity index (χ2v) is 5.55. The van der Waals surface area contributed by atoms with Crippen molar-refractivity contribution in [1.82, 2.24) is 40.0 Å². The van der Waals surface area contributed by atoms with Crippen LogP contribution in [0.4, 0.5) is 0 Å². The maximum atomic E-state index is 8.41. The molecule has 0 saturated heterocycles. The van der Waals surface area contributed by atoms with Gasteiger partial charge in [0.05, 0.1) is 11.7 Å². The standard InChI is InChI=1S/C18H16N8O2/c1-3-25-9-12(19-24-25)10-27-18-14-7-5-4-6-13(14)16-20-21-17(26(16)22-18)15-8-11(2)28-23-15/h4-9H,3,10H2,1-2H3/i1D3,2D3,3D2,10D2. The second-order valence-electron chi connectivity index (χ2n) is 5.55. The van der Waals surface area contributed by atoms with Crippen LogP contribution in [0.3, 0.4) is 0 Å². The Kier molecular flexibility index (Phi) is 2.04. The van der Waals surface area contributed by atoms with E-state index in [1.165, 1.54) is 4.52 Å². The highest BCUT2D eigenvalue weighted by atomic mass is 16.5. The number of rotatable bonds is 5. The first-order valence-corrected chi connectivity index (χ1v) is 7.84. The summed E-state index contributed by atoms with van der Waals surface area (Å²) >= 11 is 0. The Morgan fingerprint density at radius 2 is 2.14 bits per heavy atom. The third-order valence-corrected chi connectivity index (χ3v) is 3.83. The van der Waals surface area contributed by atoms with Crippen LogP contribution in [0.25, 0.3) is 27.9 Å². The molecule has 5 rings (SSSR count). The van der Waals surface area contributed by atoms with Crippen molar-refractivity contribution in [2.24, 2.45) is 0 Å². The highest BCUT2D eigenvalue weighted by molar-refractivity contribution is 5.96. The molecule has 5 aromatic rings. The number of hydrogen-bond acceptors (Lipinski definition) is 8. The van der Waals surface area contributed by atoms with Crippen LogP contribution in [-0.4, -0.2) is 40.0 Å². The van der Waals surface area contributed by atoms with Crippen LogP contribution >= 0.6 is 0 Å². The van der Waals surface area contributed by atoms with Crippen LogP contribution in [0, 0.1) is 6.85 Å². The van der Waals surface area contributed by atoms with Gasteiger partial charge in [-0.2, -0.15) is 4.52 Å². The van der Waals surface area contributed by atoms with Crippen LogP contribution < -0.4 is 4.74 Å². The number of benzene rings is 1. The van der Waals surface area contributed by atoms with Gasteiger partial charge in [-0.05, 0) is 19.8 Å². The van der Waals surface area contributed by atoms with Crippen LogP contribution in [0.5, 0.6) is 5.88 Å². The molecule has 0 aliphatic heterocycles. The molecule has 1 aromatic carbocycles. The van der Waals surface area contributed by atoms with E-state index < -0.39 is 32.5 Å². The number of aromatic nitrogens is 8. The van der Waals surface area contributed by atoms with Crippen LogP contribution in [0.1, 0.15) is 32.0 Å². The molecule has 0 radical (unpaired) electrons. The highest BCUT2D eigenvalue weighted by Gasteiger charge is 2.18. The lowest BCUT2D eigenvalue weighted by molar-refractivity contribution is 0.289. The van der Waals surface area contributed by atoms with E-state index in [0.717, 1.165) is 12.3 Å². The van der Waals surface area contributed by atoms with Gasteiger partial charge >= 0.3 is 0 Å². The van der Waals surface area contributed by atoms with Gasteiger partial charge in [-0.25, -0.2) is 0 Å². The first-order chi connectivity index (χ1) is 17.6. The molecule has 0 N–H and O–H groups in total. The summed E-state index contributed by atoms with van der Waals surface area (Å²) in [5.41, 5.74) is -0.270. The molecule has 0 aliphatic carbocycles. The number of nitrogens with zero attached hydrogens (tertiary/aromatic N) is 8. The molecule has 4 heterocycles. The minimum Gasteiger partial charge on any atom is -0.470 e. The largest absolute Gasteiger partial charge is 0.470 e. The van der Waals surface area contributed by atoms with Crippen molar-refractivity contribution in [3.63, 3.8) is 0 Å². The van der Waals surface area contributed by atoms with Crippen molar-refractivity contribution in [1.29, 1.82) is 0 Å². The Hall–Kier alpha value is -3.82. The summed E-state index contributed by atoms with van der Waals surface area (Å²) < 4.78 is 89.1. The van der Waals surface area contributed by atoms with Gasteiger partial charge in [-0.3, -0.25) is 4.68 Å². The van der Waals surface area contributed by atoms with Gasteiger partial charge in [-0.1, -0.05) is 28.6 Å². The van der Waals surface area contributed by atoms with Crippen molar-refractivity contribution < 1.29 is 23.0 Å². The van der Waals surface area contributed by atoms with Crippen molar-refractivity contribution in [3.8, 4) is 17.4 Å². The lowest BCUT2D eigenvalue weighted by atomic mass is 10.2. The van der Waals surface area contributed by atoms with Crippen molar-refractivity contribution in [2.45, 2.75) is 26.8 Å². The highest BCUT2D eigenvalue weighted by Crippen LogP contribution is 2.29. The summed E-state index contributed by atoms with van der Waals surface area (Å²) in [6.45, 7) is -11.4. The lowest BCUT2D eigenvalue weighted by Gasteiger charge is -2.08. The Labute approximate surface area is 172 Å². The summed E-state index contributed by atoms with van der Waals surface area (Å²) in [4.78, 5) is 0. The van der Waals surface area contributed by atoms with Gasteiger partial charge in [0.25, 0.3) is 0 Å². The van der Waals surface area contributed by atoms with Crippen LogP contribution in [0.15, 0.2) is 41.1 Å². The molecule has 10 nitrogen and oxygen atoms in total. The van der Waals surface area contributed by atoms with E-state index in [9.17, 15) is 0 Å². The average molecular weight is 386 g/mol. The van der Waals surface area contributed by atoms with Gasteiger partial charge in [0.15, 0.2) is 11.3 Å². The maximum absolute atomic E-state index is 8.41. The third kappa shape index (κ3) is 2.66. The number of fused-ring (bicyclic) bond motifs is 3. The molecule has 10 heteroatoms. The molecule has 0 amide bonds. The Morgan fingerprint density at radius 1 is 1.21 bits per heavy atom. The van der Waals surface area contributed by atoms with Gasteiger partial charge in [0.1, 0.15) is 18.0 Å². The fourth-order valence-electron chi connectivity index (χ4n) is 2.63. The first kappa shape index (κ1) is 8.91. The minimum absolute atomic E-state index is 0.00719. The molecule has 0 atom stereocenters. The molecule has 0 spiro atoms. The van der Waals surface area contributed by atoms with Crippen LogP contribution in [0.2, 0.25) is 0 Å². The first-order valence-electron chi connectivity index (χ1n) is 12.8. The molecule has 0 unspecified atom stereocenters. The Balaban J connectivity index is 1.60. The molecule has 0 fully saturated rings. The molecular formula is C18H16N8O2.